The molecule has 1 aromatic heterocycles. The summed E-state index contributed by atoms with van der Waals surface area (Å²) in [5, 5.41) is 5.63. The molecule has 0 bridgehead atoms. The van der Waals surface area contributed by atoms with Crippen LogP contribution in [0.15, 0.2) is 58.9 Å². The van der Waals surface area contributed by atoms with Crippen LogP contribution >= 0.6 is 23.3 Å². The summed E-state index contributed by atoms with van der Waals surface area (Å²) in [5.74, 6) is 0.760. The summed E-state index contributed by atoms with van der Waals surface area (Å²) in [6.45, 7) is 0.727. The van der Waals surface area contributed by atoms with Gasteiger partial charge in [-0.05, 0) is 53.9 Å². The third-order valence-electron chi connectivity index (χ3n) is 4.12. The highest BCUT2D eigenvalue weighted by Crippen LogP contribution is 2.35. The standard InChI is InChI=1S/C20H17N3O2S2/c1-25-14-4-2-13(3-5-14)12-22-27-15-6-7-18-16(10-15)17(20(24)23-18)11-19-21-8-9-26-19/h2-11,22H,12H2,1H3,(H,23,24)/b17-11+. The molecule has 1 aliphatic rings. The molecule has 0 fully saturated rings. The number of nitrogens with one attached hydrogen (secondary N) is 2. The zero-order chi connectivity index (χ0) is 18.6. The van der Waals surface area contributed by atoms with Gasteiger partial charge < -0.3 is 10.1 Å². The predicted molar refractivity (Wildman–Crippen MR) is 111 cm³/mol. The first-order valence-electron chi connectivity index (χ1n) is 8.32. The molecular formula is C20H17N3O2S2. The summed E-state index contributed by atoms with van der Waals surface area (Å²) < 4.78 is 8.53. The lowest BCUT2D eigenvalue weighted by atomic mass is 10.1. The number of methoxy groups -OCH3 is 1. The van der Waals surface area contributed by atoms with Gasteiger partial charge in [-0.3, -0.25) is 9.52 Å². The molecule has 0 radical (unpaired) electrons. The molecule has 3 aromatic rings. The van der Waals surface area contributed by atoms with E-state index in [4.69, 9.17) is 4.74 Å². The van der Waals surface area contributed by atoms with Gasteiger partial charge in [0.15, 0.2) is 0 Å². The summed E-state index contributed by atoms with van der Waals surface area (Å²) in [7, 11) is 1.66. The number of nitrogens with zero attached hydrogens (tertiary/aromatic N) is 1. The Morgan fingerprint density at radius 3 is 2.85 bits per heavy atom. The number of thiazole rings is 1. The second kappa shape index (κ2) is 7.96. The normalized spacial score (nSPS) is 14.3. The largest absolute Gasteiger partial charge is 0.497 e. The Balaban J connectivity index is 1.46. The van der Waals surface area contributed by atoms with Gasteiger partial charge in [0.05, 0.1) is 12.7 Å². The van der Waals surface area contributed by atoms with E-state index < -0.39 is 0 Å². The number of rotatable bonds is 6. The van der Waals surface area contributed by atoms with Crippen LogP contribution in [0.5, 0.6) is 5.75 Å². The van der Waals surface area contributed by atoms with Crippen molar-refractivity contribution in [2.45, 2.75) is 11.4 Å². The van der Waals surface area contributed by atoms with Crippen LogP contribution < -0.4 is 14.8 Å². The molecule has 2 N–H and O–H groups in total. The number of carbonyl (C=O) groups excluding carboxylic acids is 1. The van der Waals surface area contributed by atoms with E-state index in [0.717, 1.165) is 33.4 Å². The Hall–Kier alpha value is -2.61. The average molecular weight is 396 g/mol. The minimum absolute atomic E-state index is 0.0893. The number of ether oxygens (including phenoxy) is 1. The molecule has 2 aromatic carbocycles. The molecule has 0 saturated carbocycles. The number of carbonyl (C=O) groups is 1. The summed E-state index contributed by atoms with van der Waals surface area (Å²) in [6.07, 6.45) is 3.57. The van der Waals surface area contributed by atoms with E-state index in [1.165, 1.54) is 16.9 Å². The fraction of sp³-hybridized carbons (Fsp3) is 0.100. The maximum atomic E-state index is 12.3. The van der Waals surface area contributed by atoms with Crippen molar-refractivity contribution in [2.24, 2.45) is 0 Å². The van der Waals surface area contributed by atoms with Crippen LogP contribution in [0.25, 0.3) is 11.6 Å². The van der Waals surface area contributed by atoms with Crippen molar-refractivity contribution >= 4 is 46.5 Å². The molecule has 4 rings (SSSR count). The Kier molecular flexibility index (Phi) is 5.24. The van der Waals surface area contributed by atoms with E-state index in [1.54, 1.807) is 25.3 Å². The van der Waals surface area contributed by atoms with Gasteiger partial charge in [-0.15, -0.1) is 11.3 Å². The van der Waals surface area contributed by atoms with Crippen LogP contribution in [-0.4, -0.2) is 18.0 Å². The van der Waals surface area contributed by atoms with Crippen molar-refractivity contribution in [1.82, 2.24) is 9.71 Å². The third-order valence-corrected chi connectivity index (χ3v) is 5.62. The number of aromatic nitrogens is 1. The molecule has 0 unspecified atom stereocenters. The molecule has 7 heteroatoms. The number of hydrogen-bond acceptors (Lipinski definition) is 6. The maximum absolute atomic E-state index is 12.3. The van der Waals surface area contributed by atoms with E-state index in [9.17, 15) is 4.79 Å². The Morgan fingerprint density at radius 1 is 1.26 bits per heavy atom. The Labute approximate surface area is 165 Å². The topological polar surface area (TPSA) is 63.2 Å². The van der Waals surface area contributed by atoms with Crippen LogP contribution in [0.3, 0.4) is 0 Å². The molecule has 0 spiro atoms. The van der Waals surface area contributed by atoms with Gasteiger partial charge in [0, 0.05) is 34.3 Å². The van der Waals surface area contributed by atoms with E-state index in [2.05, 4.69) is 15.0 Å². The second-order valence-electron chi connectivity index (χ2n) is 5.86. The van der Waals surface area contributed by atoms with Crippen LogP contribution in [0.1, 0.15) is 16.1 Å². The fourth-order valence-corrected chi connectivity index (χ4v) is 4.04. The molecule has 27 heavy (non-hydrogen) atoms. The van der Waals surface area contributed by atoms with Gasteiger partial charge in [0.1, 0.15) is 10.8 Å². The van der Waals surface area contributed by atoms with Crippen LogP contribution in [0.4, 0.5) is 5.69 Å². The van der Waals surface area contributed by atoms with Crippen molar-refractivity contribution in [3.63, 3.8) is 0 Å². The van der Waals surface area contributed by atoms with E-state index in [1.807, 2.05) is 53.9 Å². The van der Waals surface area contributed by atoms with Crippen molar-refractivity contribution in [3.8, 4) is 5.75 Å². The smallest absolute Gasteiger partial charge is 0.256 e. The lowest BCUT2D eigenvalue weighted by Gasteiger charge is -2.07. The van der Waals surface area contributed by atoms with Crippen LogP contribution in [0, 0.1) is 0 Å². The lowest BCUT2D eigenvalue weighted by Crippen LogP contribution is -2.03. The van der Waals surface area contributed by atoms with Gasteiger partial charge in [-0.2, -0.15) is 0 Å². The van der Waals surface area contributed by atoms with E-state index in [0.29, 0.717) is 5.57 Å². The minimum Gasteiger partial charge on any atom is -0.497 e. The number of hydrogen-bond donors (Lipinski definition) is 2. The first-order valence-corrected chi connectivity index (χ1v) is 10.0. The Bertz CT molecular complexity index is 983. The molecule has 0 atom stereocenters. The zero-order valence-corrected chi connectivity index (χ0v) is 16.2. The van der Waals surface area contributed by atoms with Gasteiger partial charge in [0.25, 0.3) is 5.91 Å². The third kappa shape index (κ3) is 4.05. The molecule has 1 aliphatic heterocycles. The van der Waals surface area contributed by atoms with Crippen molar-refractivity contribution in [2.75, 3.05) is 12.4 Å². The maximum Gasteiger partial charge on any atom is 0.256 e. The first-order chi connectivity index (χ1) is 13.2. The van der Waals surface area contributed by atoms with E-state index in [-0.39, 0.29) is 5.91 Å². The lowest BCUT2D eigenvalue weighted by molar-refractivity contribution is -0.110. The second-order valence-corrected chi connectivity index (χ2v) is 7.75. The number of amides is 1. The summed E-state index contributed by atoms with van der Waals surface area (Å²) in [6, 6.07) is 13.9. The first kappa shape index (κ1) is 17.8. The average Bonchev–Trinajstić information content (AvgIpc) is 3.31. The highest BCUT2D eigenvalue weighted by Gasteiger charge is 2.24. The van der Waals surface area contributed by atoms with Crippen LogP contribution in [0.2, 0.25) is 0 Å². The quantitative estimate of drug-likeness (QED) is 0.477. The highest BCUT2D eigenvalue weighted by molar-refractivity contribution is 7.97. The summed E-state index contributed by atoms with van der Waals surface area (Å²) in [4.78, 5) is 17.6. The zero-order valence-electron chi connectivity index (χ0n) is 14.6. The monoisotopic (exact) mass is 395 g/mol. The summed E-state index contributed by atoms with van der Waals surface area (Å²) in [5.41, 5.74) is 3.57. The number of fused-ring (bicyclic) bond motifs is 1. The van der Waals surface area contributed by atoms with Gasteiger partial charge in [-0.25, -0.2) is 4.98 Å². The van der Waals surface area contributed by atoms with Crippen molar-refractivity contribution in [1.29, 1.82) is 0 Å². The molecule has 2 heterocycles. The predicted octanol–water partition coefficient (Wildman–Crippen LogP) is 4.44. The number of anilines is 1. The molecule has 0 saturated heterocycles. The van der Waals surface area contributed by atoms with Gasteiger partial charge in [0.2, 0.25) is 0 Å². The molecule has 136 valence electrons. The highest BCUT2D eigenvalue weighted by atomic mass is 32.2. The van der Waals surface area contributed by atoms with Crippen molar-refractivity contribution < 1.29 is 9.53 Å². The molecular weight excluding hydrogens is 378 g/mol. The van der Waals surface area contributed by atoms with Crippen molar-refractivity contribution in [3.05, 3.63) is 70.2 Å². The fourth-order valence-electron chi connectivity index (χ4n) is 2.75. The Morgan fingerprint density at radius 2 is 2.11 bits per heavy atom. The van der Waals surface area contributed by atoms with Gasteiger partial charge in [-0.1, -0.05) is 12.1 Å². The van der Waals surface area contributed by atoms with E-state index >= 15 is 0 Å². The summed E-state index contributed by atoms with van der Waals surface area (Å²) >= 11 is 3.05. The molecule has 1 amide bonds. The molecule has 0 aliphatic carbocycles. The number of benzene rings is 2. The SMILES string of the molecule is COc1ccc(CNSc2ccc3c(c2)/C(=C\c2nccs2)C(=O)N3)cc1. The van der Waals surface area contributed by atoms with Gasteiger partial charge >= 0.3 is 0 Å². The minimum atomic E-state index is -0.0893. The molecule has 5 nitrogen and oxygen atoms in total. The van der Waals surface area contributed by atoms with Crippen LogP contribution in [-0.2, 0) is 11.3 Å².